The normalized spacial score (nSPS) is 15.1. The van der Waals surface area contributed by atoms with Crippen molar-refractivity contribution < 1.29 is 14.0 Å². The summed E-state index contributed by atoms with van der Waals surface area (Å²) in [5.74, 6) is 0. The Bertz CT molecular complexity index is 755. The van der Waals surface area contributed by atoms with E-state index in [0.29, 0.717) is 13.3 Å². The number of rotatable bonds is 10. The quantitative estimate of drug-likeness (QED) is 0.353. The zero-order chi connectivity index (χ0) is 20.9. The van der Waals surface area contributed by atoms with Gasteiger partial charge in [-0.2, -0.15) is 0 Å². The monoisotopic (exact) mass is 425 g/mol. The van der Waals surface area contributed by atoms with Gasteiger partial charge in [-0.15, -0.1) is 4.72 Å². The molecule has 1 heterocycles. The molecule has 2 aromatic rings. The van der Waals surface area contributed by atoms with E-state index < -0.39 is 19.4 Å². The van der Waals surface area contributed by atoms with E-state index in [-0.39, 0.29) is 10.8 Å². The molecule has 2 atom stereocenters. The van der Waals surface area contributed by atoms with E-state index in [2.05, 4.69) is 29.3 Å². The second-order valence-electron chi connectivity index (χ2n) is 9.32. The van der Waals surface area contributed by atoms with Crippen molar-refractivity contribution in [3.8, 4) is 0 Å². The molecule has 0 bridgehead atoms. The first-order chi connectivity index (χ1) is 13.0. The van der Waals surface area contributed by atoms with Crippen molar-refractivity contribution in [2.75, 3.05) is 20.3 Å². The van der Waals surface area contributed by atoms with Gasteiger partial charge in [0.15, 0.2) is 0 Å². The average Bonchev–Trinajstić information content (AvgIpc) is 2.99. The van der Waals surface area contributed by atoms with Gasteiger partial charge in [-0.1, -0.05) is 25.7 Å². The molecule has 1 aromatic heterocycles. The maximum Gasteiger partial charge on any atom is 0.136 e. The number of hydrogen-bond acceptors (Lipinski definition) is 5. The minimum absolute atomic E-state index is 0.160. The predicted molar refractivity (Wildman–Crippen MR) is 119 cm³/mol. The number of hydrogen-bond donors (Lipinski definition) is 1. The predicted octanol–water partition coefficient (Wildman–Crippen LogP) is 4.09. The van der Waals surface area contributed by atoms with Gasteiger partial charge in [0.2, 0.25) is 0 Å². The summed E-state index contributed by atoms with van der Waals surface area (Å²) in [6, 6.07) is 7.11. The summed E-state index contributed by atoms with van der Waals surface area (Å²) in [5.41, 5.74) is 2.94. The van der Waals surface area contributed by atoms with Gasteiger partial charge in [0, 0.05) is 33.2 Å². The van der Waals surface area contributed by atoms with Crippen LogP contribution in [0.3, 0.4) is 0 Å². The Morgan fingerprint density at radius 3 is 2.61 bits per heavy atom. The minimum atomic E-state index is -1.18. The van der Waals surface area contributed by atoms with Gasteiger partial charge in [-0.3, -0.25) is 0 Å². The molecule has 2 rings (SSSR count). The lowest BCUT2D eigenvalue weighted by molar-refractivity contribution is 0.0898. The molecule has 0 aliphatic carbocycles. The van der Waals surface area contributed by atoms with E-state index in [4.69, 9.17) is 9.47 Å². The summed E-state index contributed by atoms with van der Waals surface area (Å²) in [6.45, 7) is 14.6. The molecular weight excluding hydrogens is 390 g/mol. The van der Waals surface area contributed by atoms with Crippen LogP contribution in [0.2, 0.25) is 25.7 Å². The molecule has 0 spiro atoms. The lowest BCUT2D eigenvalue weighted by Gasteiger charge is -2.27. The van der Waals surface area contributed by atoms with Crippen molar-refractivity contribution in [2.24, 2.45) is 0 Å². The van der Waals surface area contributed by atoms with Gasteiger partial charge in [-0.05, 0) is 44.5 Å². The molecule has 0 amide bonds. The molecular formula is C20H35N3O3SSi. The Labute approximate surface area is 173 Å². The van der Waals surface area contributed by atoms with Crippen LogP contribution < -0.4 is 4.72 Å². The van der Waals surface area contributed by atoms with E-state index in [1.54, 1.807) is 7.11 Å². The lowest BCUT2D eigenvalue weighted by atomic mass is 10.1. The first-order valence-corrected chi connectivity index (χ1v) is 14.6. The molecule has 0 unspecified atom stereocenters. The number of nitrogens with zero attached hydrogens (tertiary/aromatic N) is 2. The van der Waals surface area contributed by atoms with Gasteiger partial charge >= 0.3 is 0 Å². The molecule has 0 aliphatic heterocycles. The Kier molecular flexibility index (Phi) is 8.13. The number of nitrogens with one attached hydrogen (secondary N) is 1. The second-order valence-corrected chi connectivity index (χ2v) is 16.9. The highest BCUT2D eigenvalue weighted by Gasteiger charge is 2.30. The van der Waals surface area contributed by atoms with Gasteiger partial charge in [0.1, 0.15) is 17.5 Å². The van der Waals surface area contributed by atoms with Crippen LogP contribution in [-0.2, 0) is 27.6 Å². The van der Waals surface area contributed by atoms with Crippen LogP contribution in [0.5, 0.6) is 0 Å². The van der Waals surface area contributed by atoms with Gasteiger partial charge in [0.25, 0.3) is 0 Å². The number of fused-ring (bicyclic) bond motifs is 1. The van der Waals surface area contributed by atoms with Crippen molar-refractivity contribution in [2.45, 2.75) is 64.0 Å². The van der Waals surface area contributed by atoms with Crippen molar-refractivity contribution in [1.29, 1.82) is 0 Å². The number of methoxy groups -OCH3 is 1. The van der Waals surface area contributed by atoms with Gasteiger partial charge < -0.3 is 18.6 Å². The highest BCUT2D eigenvalue weighted by Crippen LogP contribution is 2.23. The molecule has 28 heavy (non-hydrogen) atoms. The first-order valence-electron chi connectivity index (χ1n) is 9.71. The maximum absolute atomic E-state index is 12.5. The zero-order valence-corrected chi connectivity index (χ0v) is 20.1. The molecule has 0 aliphatic rings. The topological polar surface area (TPSA) is 71.4 Å². The standard InChI is InChI=1S/C20H35N3O3SSi/c1-20(2,3)27(24)22-18(13-25-4)16-8-9-19-17(12-16)21-14-23(19)15-26-10-11-28(5,6)7/h8-9,12,14,18,22H,10-11,13,15H2,1-7H3/t18-,27-/m1/s1. The van der Waals surface area contributed by atoms with Gasteiger partial charge in [-0.25, -0.2) is 4.98 Å². The fourth-order valence-electron chi connectivity index (χ4n) is 2.61. The summed E-state index contributed by atoms with van der Waals surface area (Å²) in [6.07, 6.45) is 1.81. The molecule has 8 heteroatoms. The molecule has 158 valence electrons. The molecule has 6 nitrogen and oxygen atoms in total. The summed E-state index contributed by atoms with van der Waals surface area (Å²) >= 11 is -1.18. The third kappa shape index (κ3) is 6.86. The maximum atomic E-state index is 12.5. The van der Waals surface area contributed by atoms with Crippen LogP contribution >= 0.6 is 0 Å². The smallest absolute Gasteiger partial charge is 0.136 e. The molecule has 0 saturated heterocycles. The Hall–Kier alpha value is -0.903. The number of benzene rings is 1. The van der Waals surface area contributed by atoms with E-state index in [0.717, 1.165) is 29.2 Å². The number of imidazole rings is 1. The Morgan fingerprint density at radius 2 is 2.00 bits per heavy atom. The summed E-state index contributed by atoms with van der Waals surface area (Å²) in [5, 5.41) is 0. The number of ether oxygens (including phenoxy) is 2. The van der Waals surface area contributed by atoms with Crippen LogP contribution in [-0.4, -0.2) is 47.2 Å². The largest absolute Gasteiger partial charge is 0.598 e. The van der Waals surface area contributed by atoms with Crippen LogP contribution in [0.25, 0.3) is 11.0 Å². The minimum Gasteiger partial charge on any atom is -0.598 e. The van der Waals surface area contributed by atoms with Crippen molar-refractivity contribution in [1.82, 2.24) is 14.3 Å². The van der Waals surface area contributed by atoms with Gasteiger partial charge in [0.05, 0.1) is 24.0 Å². The average molecular weight is 426 g/mol. The zero-order valence-electron chi connectivity index (χ0n) is 18.2. The van der Waals surface area contributed by atoms with Crippen molar-refractivity contribution in [3.63, 3.8) is 0 Å². The van der Waals surface area contributed by atoms with E-state index in [1.165, 1.54) is 0 Å². The van der Waals surface area contributed by atoms with E-state index >= 15 is 0 Å². The van der Waals surface area contributed by atoms with Crippen LogP contribution in [0.1, 0.15) is 32.4 Å². The summed E-state index contributed by atoms with van der Waals surface area (Å²) in [4.78, 5) is 4.52. The second kappa shape index (κ2) is 9.73. The van der Waals surface area contributed by atoms with E-state index in [9.17, 15) is 4.55 Å². The first kappa shape index (κ1) is 23.4. The van der Waals surface area contributed by atoms with Crippen molar-refractivity contribution >= 4 is 30.5 Å². The summed E-state index contributed by atoms with van der Waals surface area (Å²) in [7, 11) is 0.571. The number of aromatic nitrogens is 2. The Balaban J connectivity index is 2.10. The molecule has 0 fully saturated rings. The molecule has 1 aromatic carbocycles. The third-order valence-corrected chi connectivity index (χ3v) is 7.73. The molecule has 1 N–H and O–H groups in total. The van der Waals surface area contributed by atoms with Crippen LogP contribution in [0.15, 0.2) is 24.5 Å². The van der Waals surface area contributed by atoms with Crippen molar-refractivity contribution in [3.05, 3.63) is 30.1 Å². The lowest BCUT2D eigenvalue weighted by Crippen LogP contribution is -2.42. The fourth-order valence-corrected chi connectivity index (χ4v) is 4.19. The SMILES string of the molecule is COC[C@@H](N[S@+]([O-])C(C)(C)C)c1ccc2c(c1)ncn2COCC[Si](C)(C)C. The summed E-state index contributed by atoms with van der Waals surface area (Å²) < 4.78 is 28.6. The Morgan fingerprint density at radius 1 is 1.29 bits per heavy atom. The molecule has 0 radical (unpaired) electrons. The van der Waals surface area contributed by atoms with Crippen LogP contribution in [0.4, 0.5) is 0 Å². The van der Waals surface area contributed by atoms with E-state index in [1.807, 2.05) is 49.9 Å². The fraction of sp³-hybridized carbons (Fsp3) is 0.650. The third-order valence-electron chi connectivity index (χ3n) is 4.41. The highest BCUT2D eigenvalue weighted by molar-refractivity contribution is 7.90. The highest BCUT2D eigenvalue weighted by atomic mass is 32.2. The van der Waals surface area contributed by atoms with Crippen LogP contribution in [0, 0.1) is 0 Å². The molecule has 0 saturated carbocycles.